The van der Waals surface area contributed by atoms with Crippen LogP contribution in [0.2, 0.25) is 0 Å². The summed E-state index contributed by atoms with van der Waals surface area (Å²) in [6.07, 6.45) is 2.78. The number of benzene rings is 2. The van der Waals surface area contributed by atoms with Crippen molar-refractivity contribution in [1.82, 2.24) is 35.8 Å². The van der Waals surface area contributed by atoms with Gasteiger partial charge in [0.05, 0.1) is 17.7 Å². The maximum atomic E-state index is 13.7. The molecule has 3 aromatic rings. The Kier molecular flexibility index (Phi) is 8.38. The summed E-state index contributed by atoms with van der Waals surface area (Å²) in [7, 11) is 0. The first-order chi connectivity index (χ1) is 21.3. The molecule has 4 amide bonds. The highest BCUT2D eigenvalue weighted by Gasteiger charge is 2.46. The van der Waals surface area contributed by atoms with Gasteiger partial charge in [-0.2, -0.15) is 0 Å². The predicted molar refractivity (Wildman–Crippen MR) is 154 cm³/mol. The second-order valence-electron chi connectivity index (χ2n) is 11.7. The molecule has 2 bridgehead atoms. The van der Waals surface area contributed by atoms with Crippen molar-refractivity contribution in [3.05, 3.63) is 83.4 Å². The number of halogens is 1. The third kappa shape index (κ3) is 6.32. The highest BCUT2D eigenvalue weighted by molar-refractivity contribution is 5.99. The molecule has 3 aliphatic rings. The molecule has 0 aliphatic carbocycles. The molecule has 3 saturated heterocycles. The Balaban J connectivity index is 1.27. The summed E-state index contributed by atoms with van der Waals surface area (Å²) in [5.41, 5.74) is 0.841. The molecule has 3 atom stereocenters. The standard InChI is InChI=1S/C31H34FN7O5/c32-22-8-6-21(7-9-22)29(42)39-18-23-15-26(39)28(41)35-25(14-24-17-38(37-36-24)16-20-4-2-1-3-5-20)27(40)33-19-31(30(43)34-23)10-12-44-13-11-31/h1-9,17,23,25-26H,10-16,18-19H2,(H,33,40)(H,34,43)(H,35,41)/t23-,25-,26+/m1/s1. The van der Waals surface area contributed by atoms with Crippen molar-refractivity contribution in [2.75, 3.05) is 26.3 Å². The lowest BCUT2D eigenvalue weighted by Crippen LogP contribution is -2.57. The average molecular weight is 604 g/mol. The summed E-state index contributed by atoms with van der Waals surface area (Å²) < 4.78 is 20.8. The number of hydrogen-bond donors (Lipinski definition) is 3. The summed E-state index contributed by atoms with van der Waals surface area (Å²) in [5.74, 6) is -2.21. The van der Waals surface area contributed by atoms with Crippen LogP contribution < -0.4 is 16.0 Å². The van der Waals surface area contributed by atoms with Crippen LogP contribution in [0.3, 0.4) is 0 Å². The van der Waals surface area contributed by atoms with Crippen LogP contribution in [-0.4, -0.2) is 88.0 Å². The molecule has 3 aliphatic heterocycles. The third-order valence-corrected chi connectivity index (χ3v) is 8.64. The first kappa shape index (κ1) is 29.4. The van der Waals surface area contributed by atoms with Gasteiger partial charge in [0.2, 0.25) is 17.7 Å². The topological polar surface area (TPSA) is 148 Å². The molecule has 1 aromatic heterocycles. The number of carbonyl (C=O) groups is 4. The van der Waals surface area contributed by atoms with Crippen molar-refractivity contribution >= 4 is 23.6 Å². The zero-order valence-electron chi connectivity index (χ0n) is 24.1. The van der Waals surface area contributed by atoms with Crippen molar-refractivity contribution in [3.8, 4) is 0 Å². The van der Waals surface area contributed by atoms with Gasteiger partial charge >= 0.3 is 0 Å². The quantitative estimate of drug-likeness (QED) is 0.391. The summed E-state index contributed by atoms with van der Waals surface area (Å²) in [6, 6.07) is 12.3. The fraction of sp³-hybridized carbons (Fsp3) is 0.419. The molecule has 230 valence electrons. The monoisotopic (exact) mass is 603 g/mol. The second-order valence-corrected chi connectivity index (χ2v) is 11.7. The molecule has 13 heteroatoms. The van der Waals surface area contributed by atoms with Gasteiger partial charge in [0, 0.05) is 50.5 Å². The zero-order chi connectivity index (χ0) is 30.7. The highest BCUT2D eigenvalue weighted by atomic mass is 19.1. The maximum Gasteiger partial charge on any atom is 0.254 e. The molecule has 0 radical (unpaired) electrons. The van der Waals surface area contributed by atoms with E-state index >= 15 is 0 Å². The molecule has 6 rings (SSSR count). The lowest BCUT2D eigenvalue weighted by atomic mass is 9.78. The minimum atomic E-state index is -1.04. The van der Waals surface area contributed by atoms with E-state index in [-0.39, 0.29) is 37.4 Å². The fourth-order valence-corrected chi connectivity index (χ4v) is 6.10. The highest BCUT2D eigenvalue weighted by Crippen LogP contribution is 2.32. The van der Waals surface area contributed by atoms with E-state index in [0.29, 0.717) is 38.3 Å². The van der Waals surface area contributed by atoms with Crippen molar-refractivity contribution in [1.29, 1.82) is 0 Å². The van der Waals surface area contributed by atoms with Crippen LogP contribution in [0.15, 0.2) is 60.8 Å². The van der Waals surface area contributed by atoms with Crippen molar-refractivity contribution in [2.24, 2.45) is 5.41 Å². The van der Waals surface area contributed by atoms with Crippen molar-refractivity contribution in [2.45, 2.75) is 50.4 Å². The Morgan fingerprint density at radius 2 is 1.75 bits per heavy atom. The van der Waals surface area contributed by atoms with E-state index in [0.717, 1.165) is 5.56 Å². The van der Waals surface area contributed by atoms with Crippen LogP contribution in [-0.2, 0) is 32.1 Å². The Labute approximate surface area is 253 Å². The van der Waals surface area contributed by atoms with Crippen LogP contribution in [0.1, 0.15) is 40.9 Å². The smallest absolute Gasteiger partial charge is 0.254 e. The van der Waals surface area contributed by atoms with Gasteiger partial charge in [0.1, 0.15) is 17.9 Å². The fourth-order valence-electron chi connectivity index (χ4n) is 6.10. The molecule has 44 heavy (non-hydrogen) atoms. The number of rotatable bonds is 5. The summed E-state index contributed by atoms with van der Waals surface area (Å²) >= 11 is 0. The minimum absolute atomic E-state index is 0.0523. The first-order valence-electron chi connectivity index (χ1n) is 14.8. The number of ether oxygens (including phenoxy) is 1. The van der Waals surface area contributed by atoms with E-state index < -0.39 is 47.1 Å². The maximum absolute atomic E-state index is 13.7. The van der Waals surface area contributed by atoms with Crippen molar-refractivity contribution in [3.63, 3.8) is 0 Å². The van der Waals surface area contributed by atoms with E-state index in [1.807, 2.05) is 30.3 Å². The SMILES string of the molecule is O=C1NCC2(CCOCC2)C(=O)N[C@@H]2C[C@@H](C(=O)N[C@@H]1Cc1cn(Cc3ccccc3)nn1)N(C(=O)c1ccc(F)cc1)C2. The van der Waals surface area contributed by atoms with Crippen LogP contribution in [0.5, 0.6) is 0 Å². The molecule has 0 unspecified atom stereocenters. The average Bonchev–Trinajstić information content (AvgIpc) is 3.67. The van der Waals surface area contributed by atoms with Gasteiger partial charge in [-0.15, -0.1) is 5.10 Å². The van der Waals surface area contributed by atoms with Crippen LogP contribution in [0.25, 0.3) is 0 Å². The largest absolute Gasteiger partial charge is 0.381 e. The zero-order valence-corrected chi connectivity index (χ0v) is 24.1. The second kappa shape index (κ2) is 12.5. The summed E-state index contributed by atoms with van der Waals surface area (Å²) in [6.45, 7) is 1.39. The molecular weight excluding hydrogens is 569 g/mol. The Bertz CT molecular complexity index is 1520. The molecular formula is C31H34FN7O5. The van der Waals surface area contributed by atoms with Gasteiger partial charge in [0.15, 0.2) is 0 Å². The first-order valence-corrected chi connectivity index (χ1v) is 14.8. The van der Waals surface area contributed by atoms with E-state index in [9.17, 15) is 23.6 Å². The predicted octanol–water partition coefficient (Wildman–Crippen LogP) is 0.819. The molecule has 12 nitrogen and oxygen atoms in total. The molecule has 1 spiro atoms. The lowest BCUT2D eigenvalue weighted by Gasteiger charge is -2.37. The van der Waals surface area contributed by atoms with Crippen molar-refractivity contribution < 1.29 is 28.3 Å². The van der Waals surface area contributed by atoms with E-state index in [2.05, 4.69) is 26.3 Å². The molecule has 4 heterocycles. The Morgan fingerprint density at radius 3 is 2.50 bits per heavy atom. The normalized spacial score (nSPS) is 23.7. The van der Waals surface area contributed by atoms with E-state index in [1.165, 1.54) is 29.2 Å². The number of hydrogen-bond acceptors (Lipinski definition) is 7. The number of fused-ring (bicyclic) bond motifs is 2. The van der Waals surface area contributed by atoms with E-state index in [1.54, 1.807) is 10.9 Å². The van der Waals surface area contributed by atoms with Crippen LogP contribution in [0, 0.1) is 11.2 Å². The van der Waals surface area contributed by atoms with Gasteiger partial charge in [-0.1, -0.05) is 35.5 Å². The Hall–Kier alpha value is -4.65. The number of aromatic nitrogens is 3. The van der Waals surface area contributed by atoms with Gasteiger partial charge < -0.3 is 25.6 Å². The van der Waals surface area contributed by atoms with Gasteiger partial charge in [-0.25, -0.2) is 9.07 Å². The summed E-state index contributed by atoms with van der Waals surface area (Å²) in [4.78, 5) is 56.0. The molecule has 2 aromatic carbocycles. The number of carbonyl (C=O) groups excluding carboxylic acids is 4. The van der Waals surface area contributed by atoms with Gasteiger partial charge in [-0.05, 0) is 49.1 Å². The minimum Gasteiger partial charge on any atom is -0.381 e. The Morgan fingerprint density at radius 1 is 1.00 bits per heavy atom. The number of nitrogens with zero attached hydrogens (tertiary/aromatic N) is 4. The molecule has 0 saturated carbocycles. The van der Waals surface area contributed by atoms with Crippen LogP contribution >= 0.6 is 0 Å². The number of nitrogens with one attached hydrogen (secondary N) is 3. The third-order valence-electron chi connectivity index (χ3n) is 8.64. The van der Waals surface area contributed by atoms with Gasteiger partial charge in [0.25, 0.3) is 5.91 Å². The number of amides is 4. The van der Waals surface area contributed by atoms with Gasteiger partial charge in [-0.3, -0.25) is 19.2 Å². The lowest BCUT2D eigenvalue weighted by molar-refractivity contribution is -0.139. The molecule has 3 N–H and O–H groups in total. The van der Waals surface area contributed by atoms with Crippen LogP contribution in [0.4, 0.5) is 4.39 Å². The summed E-state index contributed by atoms with van der Waals surface area (Å²) in [5, 5.41) is 17.2. The molecule has 3 fully saturated rings. The number of likely N-dealkylation sites (tertiary alicyclic amines) is 1. The van der Waals surface area contributed by atoms with E-state index in [4.69, 9.17) is 4.74 Å².